The van der Waals surface area contributed by atoms with Crippen LogP contribution in [0, 0.1) is 11.3 Å². The average molecular weight is 510 g/mol. The number of allylic oxidation sites excluding steroid dienone is 4. The standard InChI is InChI=1S/C33H33Br/c1-31(2,3)20-15-16-24-27(17-20)33(28-18-21(32(4,5)6)19-29(34)30(24)28)25-13-9-7-11-22(25)23-12-8-10-14-26(23)33/h7-16,18-20H,17H2,1-6H3. The van der Waals surface area contributed by atoms with Crippen LogP contribution in [0.5, 0.6) is 0 Å². The molecule has 0 saturated carbocycles. The summed E-state index contributed by atoms with van der Waals surface area (Å²) < 4.78 is 1.22. The largest absolute Gasteiger partial charge is 0.0800 e. The van der Waals surface area contributed by atoms with Gasteiger partial charge in [-0.3, -0.25) is 0 Å². The van der Waals surface area contributed by atoms with Gasteiger partial charge in [0, 0.05) is 10.0 Å². The van der Waals surface area contributed by atoms with E-state index >= 15 is 0 Å². The Morgan fingerprint density at radius 1 is 0.794 bits per heavy atom. The molecule has 0 fully saturated rings. The van der Waals surface area contributed by atoms with E-state index in [1.54, 1.807) is 5.57 Å². The van der Waals surface area contributed by atoms with Gasteiger partial charge in [0.15, 0.2) is 0 Å². The van der Waals surface area contributed by atoms with Crippen molar-refractivity contribution in [1.29, 1.82) is 0 Å². The smallest absolute Gasteiger partial charge is 0.0689 e. The molecule has 3 aliphatic rings. The Morgan fingerprint density at radius 2 is 1.38 bits per heavy atom. The summed E-state index contributed by atoms with van der Waals surface area (Å²) in [5.74, 6) is 0.512. The molecule has 0 amide bonds. The molecule has 0 nitrogen and oxygen atoms in total. The summed E-state index contributed by atoms with van der Waals surface area (Å²) in [6.45, 7) is 14.1. The number of hydrogen-bond acceptors (Lipinski definition) is 0. The number of halogens is 1. The number of fused-ring (bicyclic) bond motifs is 9. The van der Waals surface area contributed by atoms with Crippen molar-refractivity contribution in [1.82, 2.24) is 0 Å². The summed E-state index contributed by atoms with van der Waals surface area (Å²) in [5.41, 5.74) is 13.0. The maximum absolute atomic E-state index is 4.05. The quantitative estimate of drug-likeness (QED) is 0.283. The second-order valence-electron chi connectivity index (χ2n) is 12.4. The normalized spacial score (nSPS) is 19.8. The predicted octanol–water partition coefficient (Wildman–Crippen LogP) is 9.45. The Balaban J connectivity index is 1.76. The zero-order chi connectivity index (χ0) is 24.0. The molecule has 34 heavy (non-hydrogen) atoms. The molecule has 3 aromatic rings. The highest BCUT2D eigenvalue weighted by atomic mass is 79.9. The van der Waals surface area contributed by atoms with Gasteiger partial charge in [-0.15, -0.1) is 0 Å². The van der Waals surface area contributed by atoms with Crippen molar-refractivity contribution in [3.63, 3.8) is 0 Å². The maximum Gasteiger partial charge on any atom is 0.0689 e. The van der Waals surface area contributed by atoms with Crippen LogP contribution in [0.25, 0.3) is 16.7 Å². The van der Waals surface area contributed by atoms with Crippen molar-refractivity contribution in [3.8, 4) is 11.1 Å². The monoisotopic (exact) mass is 508 g/mol. The lowest BCUT2D eigenvalue weighted by atomic mass is 9.64. The van der Waals surface area contributed by atoms with Crippen LogP contribution in [-0.4, -0.2) is 0 Å². The molecule has 0 bridgehead atoms. The first-order chi connectivity index (χ1) is 16.0. The van der Waals surface area contributed by atoms with E-state index < -0.39 is 0 Å². The second-order valence-corrected chi connectivity index (χ2v) is 13.3. The molecular formula is C33H33Br. The van der Waals surface area contributed by atoms with Gasteiger partial charge in [0.05, 0.1) is 5.41 Å². The van der Waals surface area contributed by atoms with Crippen molar-refractivity contribution >= 4 is 21.5 Å². The molecule has 0 aromatic heterocycles. The zero-order valence-corrected chi connectivity index (χ0v) is 22.7. The van der Waals surface area contributed by atoms with Crippen LogP contribution in [0.1, 0.15) is 75.8 Å². The lowest BCUT2D eigenvalue weighted by molar-refractivity contribution is 0.285. The molecule has 0 heterocycles. The molecule has 172 valence electrons. The minimum atomic E-state index is -0.226. The van der Waals surface area contributed by atoms with Crippen LogP contribution in [0.15, 0.2) is 82.9 Å². The molecule has 1 unspecified atom stereocenters. The van der Waals surface area contributed by atoms with Crippen LogP contribution >= 0.6 is 15.9 Å². The van der Waals surface area contributed by atoms with E-state index in [2.05, 4.69) is 130 Å². The molecular weight excluding hydrogens is 476 g/mol. The fourth-order valence-corrected chi connectivity index (χ4v) is 7.19. The molecule has 1 atom stereocenters. The average Bonchev–Trinajstić information content (AvgIpc) is 3.25. The summed E-state index contributed by atoms with van der Waals surface area (Å²) in [4.78, 5) is 0. The van der Waals surface area contributed by atoms with Gasteiger partial charge in [-0.25, -0.2) is 0 Å². The SMILES string of the molecule is CC(C)(C)c1cc(Br)c2c(c1)C1(C3=C2C=CC(C(C)(C)C)C3)c2ccccc2-c2ccccc21. The van der Waals surface area contributed by atoms with Gasteiger partial charge in [-0.05, 0) is 73.8 Å². The van der Waals surface area contributed by atoms with Gasteiger partial charge < -0.3 is 0 Å². The van der Waals surface area contributed by atoms with Gasteiger partial charge >= 0.3 is 0 Å². The second kappa shape index (κ2) is 7.08. The van der Waals surface area contributed by atoms with Gasteiger partial charge in [0.1, 0.15) is 0 Å². The van der Waals surface area contributed by atoms with E-state index in [-0.39, 0.29) is 16.2 Å². The summed E-state index contributed by atoms with van der Waals surface area (Å²) in [6.07, 6.45) is 6.00. The zero-order valence-electron chi connectivity index (χ0n) is 21.1. The predicted molar refractivity (Wildman–Crippen MR) is 148 cm³/mol. The molecule has 0 saturated heterocycles. The van der Waals surface area contributed by atoms with E-state index in [9.17, 15) is 0 Å². The molecule has 0 N–H and O–H groups in total. The fraction of sp³-hybridized carbons (Fsp3) is 0.333. The highest BCUT2D eigenvalue weighted by Gasteiger charge is 2.54. The molecule has 3 aliphatic carbocycles. The molecule has 1 heteroatoms. The third kappa shape index (κ3) is 2.83. The Bertz CT molecular complexity index is 1360. The van der Waals surface area contributed by atoms with Crippen molar-refractivity contribution in [3.05, 3.63) is 111 Å². The summed E-state index contributed by atoms with van der Waals surface area (Å²) in [6, 6.07) is 23.2. The van der Waals surface area contributed by atoms with Crippen LogP contribution in [0.3, 0.4) is 0 Å². The van der Waals surface area contributed by atoms with E-state index in [1.165, 1.54) is 49.0 Å². The van der Waals surface area contributed by atoms with Crippen LogP contribution in [-0.2, 0) is 10.8 Å². The number of hydrogen-bond donors (Lipinski definition) is 0. The Labute approximate surface area is 212 Å². The van der Waals surface area contributed by atoms with Crippen LogP contribution < -0.4 is 0 Å². The van der Waals surface area contributed by atoms with Gasteiger partial charge in [0.25, 0.3) is 0 Å². The van der Waals surface area contributed by atoms with Crippen LogP contribution in [0.4, 0.5) is 0 Å². The lowest BCUT2D eigenvalue weighted by Crippen LogP contribution is -2.31. The Morgan fingerprint density at radius 3 is 1.94 bits per heavy atom. The van der Waals surface area contributed by atoms with Crippen molar-refractivity contribution in [2.45, 2.75) is 58.8 Å². The van der Waals surface area contributed by atoms with E-state index in [0.29, 0.717) is 5.92 Å². The lowest BCUT2D eigenvalue weighted by Gasteiger charge is -2.38. The van der Waals surface area contributed by atoms with E-state index in [1.807, 2.05) is 0 Å². The topological polar surface area (TPSA) is 0 Å². The van der Waals surface area contributed by atoms with Gasteiger partial charge in [-0.2, -0.15) is 0 Å². The third-order valence-electron chi connectivity index (χ3n) is 8.39. The Kier molecular flexibility index (Phi) is 4.60. The van der Waals surface area contributed by atoms with Crippen LogP contribution in [0.2, 0.25) is 0 Å². The highest BCUT2D eigenvalue weighted by Crippen LogP contribution is 2.65. The van der Waals surface area contributed by atoms with Gasteiger partial charge in [0.2, 0.25) is 0 Å². The summed E-state index contributed by atoms with van der Waals surface area (Å²) >= 11 is 4.05. The van der Waals surface area contributed by atoms with E-state index in [4.69, 9.17) is 0 Å². The number of rotatable bonds is 0. The first-order valence-electron chi connectivity index (χ1n) is 12.5. The molecule has 0 radical (unpaired) electrons. The highest BCUT2D eigenvalue weighted by molar-refractivity contribution is 9.10. The summed E-state index contributed by atoms with van der Waals surface area (Å²) in [7, 11) is 0. The molecule has 1 spiro atoms. The molecule has 3 aromatic carbocycles. The third-order valence-corrected chi connectivity index (χ3v) is 9.02. The van der Waals surface area contributed by atoms with E-state index in [0.717, 1.165) is 6.42 Å². The first kappa shape index (κ1) is 22.1. The molecule has 0 aliphatic heterocycles. The molecule has 6 rings (SSSR count). The minimum Gasteiger partial charge on any atom is -0.0800 e. The van der Waals surface area contributed by atoms with Crippen molar-refractivity contribution in [2.24, 2.45) is 11.3 Å². The number of benzene rings is 3. The Hall–Kier alpha value is -2.38. The summed E-state index contributed by atoms with van der Waals surface area (Å²) in [5, 5.41) is 0. The maximum atomic E-state index is 4.05. The van der Waals surface area contributed by atoms with Crippen molar-refractivity contribution in [2.75, 3.05) is 0 Å². The van der Waals surface area contributed by atoms with Gasteiger partial charge in [-0.1, -0.05) is 124 Å². The minimum absolute atomic E-state index is 0.0727. The van der Waals surface area contributed by atoms with Crippen molar-refractivity contribution < 1.29 is 0 Å². The fourth-order valence-electron chi connectivity index (χ4n) is 6.52. The first-order valence-corrected chi connectivity index (χ1v) is 13.3.